The molecule has 0 bridgehead atoms. The van der Waals surface area contributed by atoms with Crippen LogP contribution >= 0.6 is 0 Å². The van der Waals surface area contributed by atoms with Crippen molar-refractivity contribution in [3.05, 3.63) is 24.3 Å². The summed E-state index contributed by atoms with van der Waals surface area (Å²) >= 11 is 0. The van der Waals surface area contributed by atoms with Gasteiger partial charge in [-0.1, -0.05) is 25.5 Å². The number of fused-ring (bicyclic) bond motifs is 1. The second-order valence-corrected chi connectivity index (χ2v) is 5.87. The third-order valence-electron chi connectivity index (χ3n) is 3.78. The zero-order valence-electron chi connectivity index (χ0n) is 15.2. The fraction of sp³-hybridized carbons (Fsp3) is 0.444. The zero-order chi connectivity index (χ0) is 19.6. The average molecular weight is 377 g/mol. The number of esters is 1. The molecule has 146 valence electrons. The summed E-state index contributed by atoms with van der Waals surface area (Å²) in [6.45, 7) is 1.89. The van der Waals surface area contributed by atoms with E-state index in [9.17, 15) is 19.2 Å². The highest BCUT2D eigenvalue weighted by Crippen LogP contribution is 2.31. The highest BCUT2D eigenvalue weighted by Gasteiger charge is 2.25. The van der Waals surface area contributed by atoms with E-state index in [0.29, 0.717) is 18.0 Å². The summed E-state index contributed by atoms with van der Waals surface area (Å²) in [5, 5.41) is 4.59. The lowest BCUT2D eigenvalue weighted by Gasteiger charge is -2.28. The van der Waals surface area contributed by atoms with Gasteiger partial charge in [0.1, 0.15) is 5.75 Å². The molecule has 2 rings (SSSR count). The number of nitrogens with one attached hydrogen (secondary N) is 2. The lowest BCUT2D eigenvalue weighted by molar-refractivity contribution is -0.148. The number of anilines is 1. The van der Waals surface area contributed by atoms with Crippen molar-refractivity contribution in [3.8, 4) is 5.75 Å². The third kappa shape index (κ3) is 6.28. The maximum atomic E-state index is 12.0. The van der Waals surface area contributed by atoms with E-state index in [1.54, 1.807) is 24.3 Å². The Morgan fingerprint density at radius 2 is 2.04 bits per heavy atom. The normalized spacial score (nSPS) is 12.6. The summed E-state index contributed by atoms with van der Waals surface area (Å²) in [6.07, 6.45) is 1.64. The number of nitrogens with zero attached hydrogens (tertiary/aromatic N) is 1. The molecule has 0 aliphatic carbocycles. The minimum absolute atomic E-state index is 0.0873. The summed E-state index contributed by atoms with van der Waals surface area (Å²) in [4.78, 5) is 48.3. The Bertz CT molecular complexity index is 706. The molecule has 9 nitrogen and oxygen atoms in total. The van der Waals surface area contributed by atoms with Crippen LogP contribution in [0.4, 0.5) is 10.5 Å². The average Bonchev–Trinajstić information content (AvgIpc) is 2.65. The molecular weight excluding hydrogens is 354 g/mol. The molecule has 0 atom stereocenters. The van der Waals surface area contributed by atoms with Gasteiger partial charge in [-0.25, -0.2) is 4.79 Å². The molecule has 0 saturated carbocycles. The molecule has 27 heavy (non-hydrogen) atoms. The van der Waals surface area contributed by atoms with Crippen LogP contribution in [0.2, 0.25) is 0 Å². The van der Waals surface area contributed by atoms with E-state index in [-0.39, 0.29) is 25.5 Å². The topological polar surface area (TPSA) is 114 Å². The van der Waals surface area contributed by atoms with E-state index in [4.69, 9.17) is 9.47 Å². The monoisotopic (exact) mass is 377 g/mol. The maximum absolute atomic E-state index is 12.0. The van der Waals surface area contributed by atoms with Crippen molar-refractivity contribution in [2.75, 3.05) is 31.2 Å². The predicted octanol–water partition coefficient (Wildman–Crippen LogP) is 0.971. The van der Waals surface area contributed by atoms with E-state index >= 15 is 0 Å². The van der Waals surface area contributed by atoms with Gasteiger partial charge in [-0.15, -0.1) is 0 Å². The van der Waals surface area contributed by atoms with Gasteiger partial charge in [0.05, 0.1) is 12.1 Å². The number of hydrogen-bond acceptors (Lipinski definition) is 6. The molecule has 0 saturated heterocycles. The van der Waals surface area contributed by atoms with Crippen LogP contribution in [0, 0.1) is 0 Å². The summed E-state index contributed by atoms with van der Waals surface area (Å²) in [5.41, 5.74) is 0.586. The summed E-state index contributed by atoms with van der Waals surface area (Å²) in [7, 11) is 0. The van der Waals surface area contributed by atoms with E-state index in [1.807, 2.05) is 6.92 Å². The minimum atomic E-state index is -0.717. The number of amides is 4. The van der Waals surface area contributed by atoms with Crippen LogP contribution in [0.3, 0.4) is 0 Å². The Morgan fingerprint density at radius 3 is 2.81 bits per heavy atom. The number of imide groups is 1. The standard InChI is InChI=1S/C18H23N3O6/c1-2-3-9-19-18(25)20-15(22)11-27-17(24)8-10-21-13-6-4-5-7-14(13)26-12-16(21)23/h4-7H,2-3,8-12H2,1H3,(H2,19,20,22,25). The van der Waals surface area contributed by atoms with Crippen LogP contribution in [0.1, 0.15) is 26.2 Å². The highest BCUT2D eigenvalue weighted by molar-refractivity contribution is 5.98. The first-order chi connectivity index (χ1) is 13.0. The molecule has 1 aromatic carbocycles. The van der Waals surface area contributed by atoms with Crippen molar-refractivity contribution in [2.24, 2.45) is 0 Å². The number of rotatable bonds is 8. The number of unbranched alkanes of at least 4 members (excludes halogenated alkanes) is 1. The van der Waals surface area contributed by atoms with E-state index in [2.05, 4.69) is 10.6 Å². The molecule has 4 amide bonds. The molecule has 9 heteroatoms. The van der Waals surface area contributed by atoms with Gasteiger partial charge in [0.2, 0.25) is 0 Å². The number of carbonyl (C=O) groups is 4. The van der Waals surface area contributed by atoms with Gasteiger partial charge in [-0.2, -0.15) is 0 Å². The van der Waals surface area contributed by atoms with Gasteiger partial charge in [0.25, 0.3) is 11.8 Å². The van der Waals surface area contributed by atoms with E-state index in [1.165, 1.54) is 4.90 Å². The summed E-state index contributed by atoms with van der Waals surface area (Å²) in [5.74, 6) is -1.06. The molecule has 0 spiro atoms. The smallest absolute Gasteiger partial charge is 0.321 e. The maximum Gasteiger partial charge on any atom is 0.321 e. The van der Waals surface area contributed by atoms with Gasteiger partial charge in [-0.05, 0) is 18.6 Å². The second-order valence-electron chi connectivity index (χ2n) is 5.87. The van der Waals surface area contributed by atoms with Gasteiger partial charge < -0.3 is 19.7 Å². The van der Waals surface area contributed by atoms with Crippen molar-refractivity contribution < 1.29 is 28.7 Å². The van der Waals surface area contributed by atoms with Crippen molar-refractivity contribution >= 4 is 29.5 Å². The van der Waals surface area contributed by atoms with Crippen molar-refractivity contribution in [1.82, 2.24) is 10.6 Å². The Labute approximate surface area is 157 Å². The molecule has 1 aromatic rings. The molecule has 1 aliphatic rings. The quantitative estimate of drug-likeness (QED) is 0.515. The molecule has 1 heterocycles. The SMILES string of the molecule is CCCCNC(=O)NC(=O)COC(=O)CCN1C(=O)COc2ccccc21. The number of benzene rings is 1. The minimum Gasteiger partial charge on any atom is -0.482 e. The van der Waals surface area contributed by atoms with E-state index < -0.39 is 24.5 Å². The Hall–Kier alpha value is -3.10. The number of carbonyl (C=O) groups excluding carboxylic acids is 4. The van der Waals surface area contributed by atoms with Crippen LogP contribution in [-0.4, -0.2) is 50.1 Å². The van der Waals surface area contributed by atoms with E-state index in [0.717, 1.165) is 12.8 Å². The Balaban J connectivity index is 1.73. The first-order valence-corrected chi connectivity index (χ1v) is 8.76. The summed E-state index contributed by atoms with van der Waals surface area (Å²) in [6, 6.07) is 6.39. The fourth-order valence-electron chi connectivity index (χ4n) is 2.41. The lowest BCUT2D eigenvalue weighted by atomic mass is 10.2. The number of ether oxygens (including phenoxy) is 2. The first-order valence-electron chi connectivity index (χ1n) is 8.76. The molecule has 0 radical (unpaired) electrons. The molecular formula is C18H23N3O6. The molecule has 0 unspecified atom stereocenters. The number of para-hydroxylation sites is 2. The van der Waals surface area contributed by atoms with Crippen LogP contribution < -0.4 is 20.3 Å². The Morgan fingerprint density at radius 1 is 1.26 bits per heavy atom. The zero-order valence-corrected chi connectivity index (χ0v) is 15.2. The lowest BCUT2D eigenvalue weighted by Crippen LogP contribution is -2.42. The van der Waals surface area contributed by atoms with Crippen molar-refractivity contribution in [1.29, 1.82) is 0 Å². The number of hydrogen-bond donors (Lipinski definition) is 2. The van der Waals surface area contributed by atoms with Gasteiger partial charge in [-0.3, -0.25) is 19.7 Å². The largest absolute Gasteiger partial charge is 0.482 e. The second kappa shape index (κ2) is 10.1. The molecule has 0 fully saturated rings. The highest BCUT2D eigenvalue weighted by atomic mass is 16.5. The van der Waals surface area contributed by atoms with Crippen LogP contribution in [0.5, 0.6) is 5.75 Å². The summed E-state index contributed by atoms with van der Waals surface area (Å²) < 4.78 is 10.2. The first kappa shape index (κ1) is 20.2. The molecule has 0 aromatic heterocycles. The van der Waals surface area contributed by atoms with Crippen LogP contribution in [-0.2, 0) is 19.1 Å². The Kier molecular flexibility index (Phi) is 7.60. The molecule has 2 N–H and O–H groups in total. The van der Waals surface area contributed by atoms with Crippen molar-refractivity contribution in [3.63, 3.8) is 0 Å². The number of urea groups is 1. The fourth-order valence-corrected chi connectivity index (χ4v) is 2.41. The van der Waals surface area contributed by atoms with Gasteiger partial charge >= 0.3 is 12.0 Å². The van der Waals surface area contributed by atoms with Gasteiger partial charge in [0.15, 0.2) is 13.2 Å². The van der Waals surface area contributed by atoms with Crippen LogP contribution in [0.25, 0.3) is 0 Å². The van der Waals surface area contributed by atoms with Gasteiger partial charge in [0, 0.05) is 13.1 Å². The predicted molar refractivity (Wildman–Crippen MR) is 96.3 cm³/mol. The van der Waals surface area contributed by atoms with Crippen molar-refractivity contribution in [2.45, 2.75) is 26.2 Å². The third-order valence-corrected chi connectivity index (χ3v) is 3.78. The molecule has 1 aliphatic heterocycles. The van der Waals surface area contributed by atoms with Crippen LogP contribution in [0.15, 0.2) is 24.3 Å².